The van der Waals surface area contributed by atoms with Crippen molar-refractivity contribution in [2.45, 2.75) is 51.6 Å². The van der Waals surface area contributed by atoms with Crippen molar-refractivity contribution >= 4 is 5.97 Å². The third-order valence-electron chi connectivity index (χ3n) is 3.43. The lowest BCUT2D eigenvalue weighted by atomic mass is 9.90. The first kappa shape index (κ1) is 10.9. The Hall–Kier alpha value is -0.610. The Balaban J connectivity index is 2.04. The zero-order chi connectivity index (χ0) is 11.0. The first-order chi connectivity index (χ1) is 7.15. The van der Waals surface area contributed by atoms with Crippen molar-refractivity contribution in [3.8, 4) is 0 Å². The van der Waals surface area contributed by atoms with Gasteiger partial charge in [-0.1, -0.05) is 26.7 Å². The predicted molar refractivity (Wildman–Crippen MR) is 52.9 cm³/mol. The number of carbonyl (C=O) groups is 1. The Morgan fingerprint density at radius 1 is 1.47 bits per heavy atom. The van der Waals surface area contributed by atoms with Gasteiger partial charge in [0.05, 0.1) is 17.9 Å². The van der Waals surface area contributed by atoms with Crippen molar-refractivity contribution in [2.24, 2.45) is 11.8 Å². The second-order valence-electron chi connectivity index (χ2n) is 4.47. The number of hydrogen-bond donors (Lipinski definition) is 1. The zero-order valence-corrected chi connectivity index (χ0v) is 9.18. The molecule has 4 nitrogen and oxygen atoms in total. The van der Waals surface area contributed by atoms with Crippen LogP contribution in [0.15, 0.2) is 0 Å². The van der Waals surface area contributed by atoms with Crippen molar-refractivity contribution in [1.82, 2.24) is 0 Å². The van der Waals surface area contributed by atoms with Gasteiger partial charge in [-0.05, 0) is 6.42 Å². The minimum Gasteiger partial charge on any atom is -0.459 e. The molecule has 0 saturated carbocycles. The van der Waals surface area contributed by atoms with Gasteiger partial charge in [-0.2, -0.15) is 0 Å². The number of fused-ring (bicyclic) bond motifs is 1. The highest BCUT2D eigenvalue weighted by Crippen LogP contribution is 2.41. The number of esters is 1. The molecule has 1 N–H and O–H groups in total. The molecule has 2 fully saturated rings. The molecule has 0 aromatic heterocycles. The summed E-state index contributed by atoms with van der Waals surface area (Å²) in [5, 5.41) is 9.70. The van der Waals surface area contributed by atoms with Crippen LogP contribution in [0.25, 0.3) is 0 Å². The number of hydrogen-bond acceptors (Lipinski definition) is 4. The van der Waals surface area contributed by atoms with E-state index in [2.05, 4.69) is 6.92 Å². The molecule has 0 radical (unpaired) electrons. The summed E-state index contributed by atoms with van der Waals surface area (Å²) in [7, 11) is 0. The quantitative estimate of drug-likeness (QED) is 0.714. The van der Waals surface area contributed by atoms with Gasteiger partial charge in [-0.25, -0.2) is 0 Å². The summed E-state index contributed by atoms with van der Waals surface area (Å²) in [4.78, 5) is 11.4. The molecule has 5 atom stereocenters. The monoisotopic (exact) mass is 214 g/mol. The molecule has 0 amide bonds. The van der Waals surface area contributed by atoms with Gasteiger partial charge in [0.15, 0.2) is 6.29 Å². The van der Waals surface area contributed by atoms with E-state index in [1.165, 1.54) is 0 Å². The SMILES string of the molecule is CCCC[C@H]1OC(O)[C@@H]2[C@H]1OC(=O)[C@@H]2C. The highest BCUT2D eigenvalue weighted by atomic mass is 16.7. The largest absolute Gasteiger partial charge is 0.459 e. The van der Waals surface area contributed by atoms with Crippen LogP contribution in [0.1, 0.15) is 33.1 Å². The molecule has 0 bridgehead atoms. The van der Waals surface area contributed by atoms with E-state index in [0.29, 0.717) is 0 Å². The highest BCUT2D eigenvalue weighted by Gasteiger charge is 2.55. The fourth-order valence-electron chi connectivity index (χ4n) is 2.48. The van der Waals surface area contributed by atoms with Gasteiger partial charge < -0.3 is 14.6 Å². The summed E-state index contributed by atoms with van der Waals surface area (Å²) in [5.41, 5.74) is 0. The summed E-state index contributed by atoms with van der Waals surface area (Å²) in [6.45, 7) is 3.90. The van der Waals surface area contributed by atoms with E-state index in [4.69, 9.17) is 9.47 Å². The van der Waals surface area contributed by atoms with Gasteiger partial charge in [0.1, 0.15) is 6.10 Å². The maximum absolute atomic E-state index is 11.4. The molecular weight excluding hydrogens is 196 g/mol. The van der Waals surface area contributed by atoms with Gasteiger partial charge >= 0.3 is 5.97 Å². The minimum absolute atomic E-state index is 0.112. The number of aliphatic hydroxyl groups excluding tert-OH is 1. The zero-order valence-electron chi connectivity index (χ0n) is 9.18. The topological polar surface area (TPSA) is 55.8 Å². The van der Waals surface area contributed by atoms with Crippen LogP contribution < -0.4 is 0 Å². The van der Waals surface area contributed by atoms with E-state index in [1.54, 1.807) is 6.92 Å². The molecule has 4 heteroatoms. The third-order valence-corrected chi connectivity index (χ3v) is 3.43. The van der Waals surface area contributed by atoms with Crippen LogP contribution in [0.4, 0.5) is 0 Å². The molecule has 0 aliphatic carbocycles. The fourth-order valence-corrected chi connectivity index (χ4v) is 2.48. The highest BCUT2D eigenvalue weighted by molar-refractivity contribution is 5.75. The van der Waals surface area contributed by atoms with Crippen LogP contribution in [0.5, 0.6) is 0 Å². The van der Waals surface area contributed by atoms with Crippen molar-refractivity contribution in [3.63, 3.8) is 0 Å². The molecule has 2 aliphatic heterocycles. The molecule has 2 saturated heterocycles. The van der Waals surface area contributed by atoms with E-state index < -0.39 is 6.29 Å². The lowest BCUT2D eigenvalue weighted by Crippen LogP contribution is -2.26. The summed E-state index contributed by atoms with van der Waals surface area (Å²) < 4.78 is 10.7. The summed E-state index contributed by atoms with van der Waals surface area (Å²) in [6, 6.07) is 0. The molecule has 0 spiro atoms. The Morgan fingerprint density at radius 2 is 2.20 bits per heavy atom. The molecule has 15 heavy (non-hydrogen) atoms. The first-order valence-corrected chi connectivity index (χ1v) is 5.69. The van der Waals surface area contributed by atoms with Crippen LogP contribution in [0, 0.1) is 11.8 Å². The van der Waals surface area contributed by atoms with Gasteiger partial charge in [-0.15, -0.1) is 0 Å². The van der Waals surface area contributed by atoms with Crippen LogP contribution in [-0.4, -0.2) is 29.6 Å². The van der Waals surface area contributed by atoms with Crippen LogP contribution >= 0.6 is 0 Å². The maximum atomic E-state index is 11.4. The molecule has 86 valence electrons. The molecule has 2 rings (SSSR count). The number of unbranched alkanes of at least 4 members (excludes halogenated alkanes) is 1. The van der Waals surface area contributed by atoms with E-state index in [0.717, 1.165) is 19.3 Å². The Morgan fingerprint density at radius 3 is 2.87 bits per heavy atom. The Kier molecular flexibility index (Phi) is 2.98. The third kappa shape index (κ3) is 1.76. The lowest BCUT2D eigenvalue weighted by Gasteiger charge is -2.15. The summed E-state index contributed by atoms with van der Waals surface area (Å²) in [6.07, 6.45) is 1.80. The second kappa shape index (κ2) is 4.10. The second-order valence-corrected chi connectivity index (χ2v) is 4.47. The number of ether oxygens (including phenoxy) is 2. The average molecular weight is 214 g/mol. The van der Waals surface area contributed by atoms with Gasteiger partial charge in [-0.3, -0.25) is 4.79 Å². The predicted octanol–water partition coefficient (Wildman–Crippen LogP) is 1.07. The molecule has 2 heterocycles. The van der Waals surface area contributed by atoms with Gasteiger partial charge in [0.25, 0.3) is 0 Å². The average Bonchev–Trinajstić information content (AvgIpc) is 2.65. The van der Waals surface area contributed by atoms with Crippen molar-refractivity contribution in [3.05, 3.63) is 0 Å². The molecule has 0 aromatic rings. The summed E-state index contributed by atoms with van der Waals surface area (Å²) in [5.74, 6) is -0.607. The van der Waals surface area contributed by atoms with Gasteiger partial charge in [0.2, 0.25) is 0 Å². The smallest absolute Gasteiger partial charge is 0.309 e. The maximum Gasteiger partial charge on any atom is 0.309 e. The van der Waals surface area contributed by atoms with E-state index >= 15 is 0 Å². The van der Waals surface area contributed by atoms with E-state index in [9.17, 15) is 9.90 Å². The Bertz CT molecular complexity index is 253. The van der Waals surface area contributed by atoms with Crippen LogP contribution in [0.3, 0.4) is 0 Å². The molecule has 2 aliphatic rings. The van der Waals surface area contributed by atoms with Crippen LogP contribution in [-0.2, 0) is 14.3 Å². The van der Waals surface area contributed by atoms with Gasteiger partial charge in [0, 0.05) is 0 Å². The molecule has 0 aromatic carbocycles. The number of aliphatic hydroxyl groups is 1. The standard InChI is InChI=1S/C11H18O4/c1-3-4-5-7-9-8(11(13)14-7)6(2)10(12)15-9/h6-9,11,13H,3-5H2,1-2H3/t6-,7-,8+,9+,11?/m1/s1. The molecular formula is C11H18O4. The number of carbonyl (C=O) groups excluding carboxylic acids is 1. The van der Waals surface area contributed by atoms with Crippen LogP contribution in [0.2, 0.25) is 0 Å². The van der Waals surface area contributed by atoms with Crippen molar-refractivity contribution in [1.29, 1.82) is 0 Å². The van der Waals surface area contributed by atoms with Crippen molar-refractivity contribution in [2.75, 3.05) is 0 Å². The van der Waals surface area contributed by atoms with E-state index in [1.807, 2.05) is 0 Å². The Labute approximate surface area is 89.6 Å². The van der Waals surface area contributed by atoms with Crippen molar-refractivity contribution < 1.29 is 19.4 Å². The first-order valence-electron chi connectivity index (χ1n) is 5.69. The summed E-state index contributed by atoms with van der Waals surface area (Å²) >= 11 is 0. The normalized spacial score (nSPS) is 44.2. The number of rotatable bonds is 3. The fraction of sp³-hybridized carbons (Fsp3) is 0.909. The minimum atomic E-state index is -0.835. The van der Waals surface area contributed by atoms with E-state index in [-0.39, 0.29) is 30.0 Å². The lowest BCUT2D eigenvalue weighted by molar-refractivity contribution is -0.156. The molecule has 1 unspecified atom stereocenters.